The van der Waals surface area contributed by atoms with Gasteiger partial charge in [0.25, 0.3) is 23.4 Å². The molecular formula is C24H21Cl2N3O6. The fraction of sp³-hybridized carbons (Fsp3) is 0.333. The number of halogens is 2. The van der Waals surface area contributed by atoms with E-state index in [4.69, 9.17) is 23.2 Å². The molecular weight excluding hydrogens is 497 g/mol. The third kappa shape index (κ3) is 4.78. The van der Waals surface area contributed by atoms with Crippen molar-refractivity contribution in [3.63, 3.8) is 0 Å². The summed E-state index contributed by atoms with van der Waals surface area (Å²) in [5.41, 5.74) is -0.150. The van der Waals surface area contributed by atoms with Gasteiger partial charge in [0.05, 0.1) is 27.3 Å². The molecule has 1 heterocycles. The number of rotatable bonds is 6. The largest absolute Gasteiger partial charge is 0.292 e. The summed E-state index contributed by atoms with van der Waals surface area (Å²) in [6.45, 7) is 1.37. The average Bonchev–Trinajstić information content (AvgIpc) is 3.06. The van der Waals surface area contributed by atoms with Crippen LogP contribution in [0.25, 0.3) is 0 Å². The third-order valence-corrected chi connectivity index (χ3v) is 7.04. The van der Waals surface area contributed by atoms with Gasteiger partial charge in [0.1, 0.15) is 6.54 Å². The van der Waals surface area contributed by atoms with Crippen molar-refractivity contribution < 1.29 is 24.1 Å². The molecule has 35 heavy (non-hydrogen) atoms. The van der Waals surface area contributed by atoms with Crippen molar-refractivity contribution in [3.8, 4) is 0 Å². The lowest BCUT2D eigenvalue weighted by Gasteiger charge is -2.30. The molecule has 1 aliphatic heterocycles. The van der Waals surface area contributed by atoms with Crippen LogP contribution in [0.15, 0.2) is 42.5 Å². The van der Waals surface area contributed by atoms with E-state index in [1.165, 1.54) is 30.3 Å². The van der Waals surface area contributed by atoms with Crippen molar-refractivity contribution in [3.05, 3.63) is 73.8 Å². The maximum absolute atomic E-state index is 13.5. The molecule has 1 saturated heterocycles. The summed E-state index contributed by atoms with van der Waals surface area (Å²) in [7, 11) is 0. The van der Waals surface area contributed by atoms with E-state index in [-0.39, 0.29) is 32.8 Å². The monoisotopic (exact) mass is 517 g/mol. The number of carbonyl (C=O) groups excluding carboxylic acids is 4. The number of ketones is 1. The molecule has 2 aromatic carbocycles. The third-order valence-electron chi connectivity index (χ3n) is 6.50. The van der Waals surface area contributed by atoms with Gasteiger partial charge in [-0.2, -0.15) is 5.01 Å². The van der Waals surface area contributed by atoms with Crippen molar-refractivity contribution >= 4 is 52.4 Å². The highest BCUT2D eigenvalue weighted by Gasteiger charge is 2.53. The van der Waals surface area contributed by atoms with Crippen molar-refractivity contribution in [1.82, 2.24) is 10.0 Å². The zero-order valence-electron chi connectivity index (χ0n) is 18.6. The number of nitro groups is 1. The number of nitro benzene ring substituents is 1. The number of amides is 3. The van der Waals surface area contributed by atoms with Crippen LogP contribution < -0.4 is 0 Å². The molecule has 0 spiro atoms. The van der Waals surface area contributed by atoms with Gasteiger partial charge in [0.15, 0.2) is 5.78 Å². The van der Waals surface area contributed by atoms with Gasteiger partial charge in [-0.1, -0.05) is 30.1 Å². The van der Waals surface area contributed by atoms with Crippen LogP contribution in [-0.4, -0.2) is 45.0 Å². The molecule has 1 aliphatic carbocycles. The first kappa shape index (κ1) is 24.8. The van der Waals surface area contributed by atoms with Crippen molar-refractivity contribution in [1.29, 1.82) is 0 Å². The molecule has 9 nitrogen and oxygen atoms in total. The van der Waals surface area contributed by atoms with E-state index in [2.05, 4.69) is 0 Å². The van der Waals surface area contributed by atoms with Crippen molar-refractivity contribution in [2.24, 2.45) is 17.8 Å². The standard InChI is InChI=1S/C24H21Cl2N3O6/c1-13-2-8-17-19(10-13)24(33)28(23(17)32)27(22(31)18-9-5-15(25)11-20(18)26)12-21(30)14-3-6-16(7-4-14)29(34)35/h3-7,9,11,13,17,19H,2,8,10,12H2,1H3/t13-,17+,19-/m1/s1. The first-order valence-electron chi connectivity index (χ1n) is 11.0. The topological polar surface area (TPSA) is 118 Å². The maximum Gasteiger partial charge on any atom is 0.274 e. The van der Waals surface area contributed by atoms with Crippen LogP contribution in [-0.2, 0) is 9.59 Å². The molecule has 2 aliphatic rings. The molecule has 3 atom stereocenters. The van der Waals surface area contributed by atoms with Gasteiger partial charge in [0.2, 0.25) is 0 Å². The van der Waals surface area contributed by atoms with Gasteiger partial charge in [-0.15, -0.1) is 0 Å². The van der Waals surface area contributed by atoms with Crippen molar-refractivity contribution in [2.75, 3.05) is 6.54 Å². The Kier molecular flexibility index (Phi) is 6.91. The van der Waals surface area contributed by atoms with Gasteiger partial charge in [-0.05, 0) is 55.5 Å². The Bertz CT molecular complexity index is 1230. The Morgan fingerprint density at radius 3 is 2.34 bits per heavy atom. The maximum atomic E-state index is 13.5. The number of hydrazine groups is 1. The zero-order valence-corrected chi connectivity index (χ0v) is 20.2. The molecule has 0 radical (unpaired) electrons. The lowest BCUT2D eigenvalue weighted by Crippen LogP contribution is -2.52. The summed E-state index contributed by atoms with van der Waals surface area (Å²) in [4.78, 5) is 63.5. The fourth-order valence-corrected chi connectivity index (χ4v) is 5.13. The second-order valence-corrected chi connectivity index (χ2v) is 9.68. The molecule has 4 rings (SSSR count). The van der Waals surface area contributed by atoms with E-state index >= 15 is 0 Å². The number of imide groups is 1. The lowest BCUT2D eigenvalue weighted by atomic mass is 9.76. The molecule has 1 saturated carbocycles. The van der Waals surface area contributed by atoms with E-state index < -0.39 is 46.8 Å². The first-order valence-corrected chi connectivity index (χ1v) is 11.8. The number of benzene rings is 2. The number of nitrogens with zero attached hydrogens (tertiary/aromatic N) is 3. The highest BCUT2D eigenvalue weighted by molar-refractivity contribution is 6.36. The van der Waals surface area contributed by atoms with Crippen LogP contribution in [0.3, 0.4) is 0 Å². The van der Waals surface area contributed by atoms with Crippen LogP contribution in [0, 0.1) is 27.9 Å². The Morgan fingerprint density at radius 2 is 1.71 bits per heavy atom. The van der Waals surface area contributed by atoms with Crippen LogP contribution in [0.5, 0.6) is 0 Å². The summed E-state index contributed by atoms with van der Waals surface area (Å²) in [6.07, 6.45) is 1.82. The number of Topliss-reactive ketones (excluding diaryl/α,β-unsaturated/α-hetero) is 1. The lowest BCUT2D eigenvalue weighted by molar-refractivity contribution is -0.384. The number of hydrogen-bond donors (Lipinski definition) is 0. The number of hydrogen-bond acceptors (Lipinski definition) is 6. The highest BCUT2D eigenvalue weighted by Crippen LogP contribution is 2.41. The minimum absolute atomic E-state index is 0.000387. The van der Waals surface area contributed by atoms with Crippen LogP contribution in [0.1, 0.15) is 46.9 Å². The predicted molar refractivity (Wildman–Crippen MR) is 127 cm³/mol. The second kappa shape index (κ2) is 9.75. The van der Waals surface area contributed by atoms with Gasteiger partial charge in [0, 0.05) is 22.7 Å². The molecule has 0 bridgehead atoms. The number of non-ortho nitro benzene ring substituents is 1. The minimum Gasteiger partial charge on any atom is -0.292 e. The molecule has 3 amide bonds. The Morgan fingerprint density at radius 1 is 1.06 bits per heavy atom. The highest BCUT2D eigenvalue weighted by atomic mass is 35.5. The van der Waals surface area contributed by atoms with Gasteiger partial charge < -0.3 is 0 Å². The second-order valence-electron chi connectivity index (χ2n) is 8.83. The summed E-state index contributed by atoms with van der Waals surface area (Å²) in [6, 6.07) is 8.99. The summed E-state index contributed by atoms with van der Waals surface area (Å²) in [5.74, 6) is -3.33. The number of carbonyl (C=O) groups is 4. The normalized spacial score (nSPS) is 21.6. The zero-order chi connectivity index (χ0) is 25.4. The summed E-state index contributed by atoms with van der Waals surface area (Å²) < 4.78 is 0. The summed E-state index contributed by atoms with van der Waals surface area (Å²) >= 11 is 12.2. The molecule has 2 aromatic rings. The predicted octanol–water partition coefficient (Wildman–Crippen LogP) is 4.56. The molecule has 2 fully saturated rings. The fourth-order valence-electron chi connectivity index (χ4n) is 4.64. The van der Waals surface area contributed by atoms with Crippen LogP contribution >= 0.6 is 23.2 Å². The van der Waals surface area contributed by atoms with Gasteiger partial charge in [-0.25, -0.2) is 5.01 Å². The molecule has 0 aromatic heterocycles. The van der Waals surface area contributed by atoms with E-state index in [0.29, 0.717) is 12.8 Å². The van der Waals surface area contributed by atoms with E-state index in [1.807, 2.05) is 6.92 Å². The Labute approximate surface area is 210 Å². The minimum atomic E-state index is -0.810. The number of fused-ring (bicyclic) bond motifs is 1. The quantitative estimate of drug-likeness (QED) is 0.240. The van der Waals surface area contributed by atoms with Gasteiger partial charge in [-0.3, -0.25) is 29.3 Å². The molecule has 0 unspecified atom stereocenters. The van der Waals surface area contributed by atoms with E-state index in [9.17, 15) is 29.3 Å². The Balaban J connectivity index is 1.70. The SMILES string of the molecule is C[C@@H]1CC[C@@H]2C(=O)N(N(CC(=O)c3ccc([N+](=O)[O-])cc3)C(=O)c3ccc(Cl)cc3Cl)C(=O)[C@@H]2C1. The molecule has 182 valence electrons. The molecule has 0 N–H and O–H groups in total. The van der Waals surface area contributed by atoms with Crippen molar-refractivity contribution in [2.45, 2.75) is 26.2 Å². The van der Waals surface area contributed by atoms with Crippen LogP contribution in [0.2, 0.25) is 10.0 Å². The van der Waals surface area contributed by atoms with E-state index in [1.54, 1.807) is 0 Å². The molecule has 11 heteroatoms. The first-order chi connectivity index (χ1) is 16.6. The van der Waals surface area contributed by atoms with Gasteiger partial charge >= 0.3 is 0 Å². The average molecular weight is 518 g/mol. The smallest absolute Gasteiger partial charge is 0.274 e. The Hall–Kier alpha value is -3.30. The summed E-state index contributed by atoms with van der Waals surface area (Å²) in [5, 5.41) is 12.8. The van der Waals surface area contributed by atoms with Crippen LogP contribution in [0.4, 0.5) is 5.69 Å². The van der Waals surface area contributed by atoms with E-state index in [0.717, 1.165) is 28.6 Å².